The monoisotopic (exact) mass is 399 g/mol. The number of hydrogen-bond acceptors (Lipinski definition) is 3. The van der Waals surface area contributed by atoms with Gasteiger partial charge >= 0.3 is 12.0 Å². The molecule has 0 spiro atoms. The lowest BCUT2D eigenvalue weighted by molar-refractivity contribution is -0.131. The van der Waals surface area contributed by atoms with E-state index in [0.717, 1.165) is 5.56 Å². The SMILES string of the molecule is O=C(Nc1ccc(F)cc1)NC1CCN(C(=O)Cc2ccc(C(=O)O)cc2)CC1. The van der Waals surface area contributed by atoms with Crippen LogP contribution in [0.25, 0.3) is 0 Å². The van der Waals surface area contributed by atoms with Crippen LogP contribution in [0.15, 0.2) is 48.5 Å². The lowest BCUT2D eigenvalue weighted by atomic mass is 10.0. The van der Waals surface area contributed by atoms with Crippen molar-refractivity contribution in [3.63, 3.8) is 0 Å². The number of aromatic carboxylic acids is 1. The van der Waals surface area contributed by atoms with Gasteiger partial charge < -0.3 is 20.6 Å². The number of rotatable bonds is 5. The highest BCUT2D eigenvalue weighted by Crippen LogP contribution is 2.14. The Morgan fingerprint density at radius 2 is 1.62 bits per heavy atom. The Hall–Kier alpha value is -3.42. The van der Waals surface area contributed by atoms with E-state index in [2.05, 4.69) is 10.6 Å². The molecule has 0 bridgehead atoms. The number of carboxylic acid groups (broad SMARTS) is 1. The van der Waals surface area contributed by atoms with Gasteiger partial charge in [-0.1, -0.05) is 12.1 Å². The molecule has 0 saturated carbocycles. The van der Waals surface area contributed by atoms with Crippen LogP contribution in [0.1, 0.15) is 28.8 Å². The molecular formula is C21H22FN3O4. The smallest absolute Gasteiger partial charge is 0.335 e. The fraction of sp³-hybridized carbons (Fsp3) is 0.286. The summed E-state index contributed by atoms with van der Waals surface area (Å²) in [7, 11) is 0. The Morgan fingerprint density at radius 1 is 1.00 bits per heavy atom. The Bertz CT molecular complexity index is 876. The third kappa shape index (κ3) is 5.78. The van der Waals surface area contributed by atoms with Crippen molar-refractivity contribution in [3.05, 3.63) is 65.5 Å². The van der Waals surface area contributed by atoms with Crippen LogP contribution in [-0.4, -0.2) is 47.0 Å². The van der Waals surface area contributed by atoms with Gasteiger partial charge in [-0.2, -0.15) is 0 Å². The second kappa shape index (κ2) is 9.18. The summed E-state index contributed by atoms with van der Waals surface area (Å²) in [4.78, 5) is 37.2. The Morgan fingerprint density at radius 3 is 2.21 bits per heavy atom. The second-order valence-electron chi connectivity index (χ2n) is 6.94. The van der Waals surface area contributed by atoms with Gasteiger partial charge in [0.1, 0.15) is 5.82 Å². The first-order valence-corrected chi connectivity index (χ1v) is 9.34. The van der Waals surface area contributed by atoms with Crippen molar-refractivity contribution in [1.82, 2.24) is 10.2 Å². The van der Waals surface area contributed by atoms with Gasteiger partial charge in [-0.3, -0.25) is 4.79 Å². The van der Waals surface area contributed by atoms with E-state index in [-0.39, 0.29) is 35.8 Å². The van der Waals surface area contributed by atoms with E-state index in [1.54, 1.807) is 17.0 Å². The zero-order chi connectivity index (χ0) is 20.8. The number of piperidine rings is 1. The molecule has 3 amide bonds. The van der Waals surface area contributed by atoms with Crippen LogP contribution in [0.3, 0.4) is 0 Å². The summed E-state index contributed by atoms with van der Waals surface area (Å²) in [5, 5.41) is 14.4. The largest absolute Gasteiger partial charge is 0.478 e. The average Bonchev–Trinajstić information content (AvgIpc) is 2.70. The summed E-state index contributed by atoms with van der Waals surface area (Å²) in [5.41, 5.74) is 1.45. The minimum atomic E-state index is -0.999. The third-order valence-corrected chi connectivity index (χ3v) is 4.84. The molecule has 1 fully saturated rings. The molecule has 29 heavy (non-hydrogen) atoms. The molecule has 2 aromatic rings. The number of nitrogens with one attached hydrogen (secondary N) is 2. The van der Waals surface area contributed by atoms with E-state index in [9.17, 15) is 18.8 Å². The molecule has 1 heterocycles. The number of nitrogens with zero attached hydrogens (tertiary/aromatic N) is 1. The molecule has 8 heteroatoms. The zero-order valence-electron chi connectivity index (χ0n) is 15.7. The van der Waals surface area contributed by atoms with Crippen LogP contribution in [0.4, 0.5) is 14.9 Å². The second-order valence-corrected chi connectivity index (χ2v) is 6.94. The molecule has 1 aliphatic rings. The summed E-state index contributed by atoms with van der Waals surface area (Å²) in [6, 6.07) is 11.4. The van der Waals surface area contributed by atoms with Crippen molar-refractivity contribution in [2.45, 2.75) is 25.3 Å². The minimum Gasteiger partial charge on any atom is -0.478 e. The van der Waals surface area contributed by atoms with Gasteiger partial charge in [-0.25, -0.2) is 14.0 Å². The molecule has 3 N–H and O–H groups in total. The van der Waals surface area contributed by atoms with E-state index in [0.29, 0.717) is 31.6 Å². The van der Waals surface area contributed by atoms with Gasteiger partial charge in [0.2, 0.25) is 5.91 Å². The van der Waals surface area contributed by atoms with Crippen LogP contribution < -0.4 is 10.6 Å². The zero-order valence-corrected chi connectivity index (χ0v) is 15.7. The average molecular weight is 399 g/mol. The van der Waals surface area contributed by atoms with Gasteiger partial charge in [0, 0.05) is 24.8 Å². The Kier molecular flexibility index (Phi) is 6.43. The highest BCUT2D eigenvalue weighted by atomic mass is 19.1. The quantitative estimate of drug-likeness (QED) is 0.720. The molecule has 3 rings (SSSR count). The fourth-order valence-electron chi connectivity index (χ4n) is 3.21. The summed E-state index contributed by atoms with van der Waals surface area (Å²) >= 11 is 0. The molecule has 7 nitrogen and oxygen atoms in total. The van der Waals surface area contributed by atoms with Crippen molar-refractivity contribution in [2.75, 3.05) is 18.4 Å². The number of anilines is 1. The standard InChI is InChI=1S/C21H22FN3O4/c22-16-5-7-17(8-6-16)23-21(29)24-18-9-11-25(12-10-18)19(26)13-14-1-3-15(4-2-14)20(27)28/h1-8,18H,9-13H2,(H,27,28)(H2,23,24,29). The van der Waals surface area contributed by atoms with Gasteiger partial charge in [0.25, 0.3) is 0 Å². The Labute approximate surface area is 167 Å². The lowest BCUT2D eigenvalue weighted by Crippen LogP contribution is -2.47. The van der Waals surface area contributed by atoms with Gasteiger partial charge in [0.15, 0.2) is 0 Å². The maximum absolute atomic E-state index is 12.9. The summed E-state index contributed by atoms with van der Waals surface area (Å²) in [6.45, 7) is 1.07. The van der Waals surface area contributed by atoms with Gasteiger partial charge in [-0.15, -0.1) is 0 Å². The maximum Gasteiger partial charge on any atom is 0.335 e. The topological polar surface area (TPSA) is 98.7 Å². The lowest BCUT2D eigenvalue weighted by Gasteiger charge is -2.32. The number of urea groups is 1. The van der Waals surface area contributed by atoms with E-state index in [4.69, 9.17) is 5.11 Å². The van der Waals surface area contributed by atoms with Crippen molar-refractivity contribution >= 4 is 23.6 Å². The van der Waals surface area contributed by atoms with Crippen LogP contribution in [-0.2, 0) is 11.2 Å². The van der Waals surface area contributed by atoms with Crippen LogP contribution >= 0.6 is 0 Å². The molecule has 152 valence electrons. The molecule has 0 unspecified atom stereocenters. The number of hydrogen-bond donors (Lipinski definition) is 3. The summed E-state index contributed by atoms with van der Waals surface area (Å²) in [5.74, 6) is -1.39. The predicted octanol–water partition coefficient (Wildman–Crippen LogP) is 2.88. The molecule has 0 aliphatic carbocycles. The summed E-state index contributed by atoms with van der Waals surface area (Å²) in [6.07, 6.45) is 1.49. The molecular weight excluding hydrogens is 377 g/mol. The van der Waals surface area contributed by atoms with E-state index in [1.807, 2.05) is 0 Å². The molecule has 0 radical (unpaired) electrons. The number of likely N-dealkylation sites (tertiary alicyclic amines) is 1. The number of halogens is 1. The first kappa shape index (κ1) is 20.3. The van der Waals surface area contributed by atoms with Crippen molar-refractivity contribution in [1.29, 1.82) is 0 Å². The molecule has 1 aliphatic heterocycles. The highest BCUT2D eigenvalue weighted by molar-refractivity contribution is 5.89. The molecule has 2 aromatic carbocycles. The van der Waals surface area contributed by atoms with E-state index >= 15 is 0 Å². The van der Waals surface area contributed by atoms with Crippen LogP contribution in [0.2, 0.25) is 0 Å². The van der Waals surface area contributed by atoms with Gasteiger partial charge in [-0.05, 0) is 54.8 Å². The molecule has 0 atom stereocenters. The van der Waals surface area contributed by atoms with Crippen molar-refractivity contribution in [3.8, 4) is 0 Å². The molecule has 0 aromatic heterocycles. The first-order chi connectivity index (χ1) is 13.9. The van der Waals surface area contributed by atoms with E-state index in [1.165, 1.54) is 36.4 Å². The van der Waals surface area contributed by atoms with Crippen LogP contribution in [0, 0.1) is 5.82 Å². The predicted molar refractivity (Wildman–Crippen MR) is 105 cm³/mol. The minimum absolute atomic E-state index is 0.0257. The van der Waals surface area contributed by atoms with E-state index < -0.39 is 5.97 Å². The number of amides is 3. The van der Waals surface area contributed by atoms with Crippen LogP contribution in [0.5, 0.6) is 0 Å². The van der Waals surface area contributed by atoms with Crippen molar-refractivity contribution < 1.29 is 23.9 Å². The first-order valence-electron chi connectivity index (χ1n) is 9.34. The maximum atomic E-state index is 12.9. The number of benzene rings is 2. The van der Waals surface area contributed by atoms with Gasteiger partial charge in [0.05, 0.1) is 12.0 Å². The highest BCUT2D eigenvalue weighted by Gasteiger charge is 2.24. The van der Waals surface area contributed by atoms with Crippen molar-refractivity contribution in [2.24, 2.45) is 0 Å². The number of carbonyl (C=O) groups is 3. The Balaban J connectivity index is 1.43. The normalized spacial score (nSPS) is 14.3. The number of carbonyl (C=O) groups excluding carboxylic acids is 2. The number of carboxylic acids is 1. The third-order valence-electron chi connectivity index (χ3n) is 4.84. The molecule has 1 saturated heterocycles. The fourth-order valence-corrected chi connectivity index (χ4v) is 3.21. The summed E-state index contributed by atoms with van der Waals surface area (Å²) < 4.78 is 12.9.